The predicted octanol–water partition coefficient (Wildman–Crippen LogP) is 9.41. The second-order valence-electron chi connectivity index (χ2n) is 15.5. The van der Waals surface area contributed by atoms with Crippen LogP contribution >= 0.6 is 0 Å². The van der Waals surface area contributed by atoms with Gasteiger partial charge in [0.2, 0.25) is 5.79 Å². The van der Waals surface area contributed by atoms with Crippen LogP contribution in [0.5, 0.6) is 17.2 Å². The van der Waals surface area contributed by atoms with Crippen molar-refractivity contribution in [3.8, 4) is 17.2 Å². The maximum atomic E-state index is 13.8. The Balaban J connectivity index is 1.57. The minimum absolute atomic E-state index is 0.0956. The van der Waals surface area contributed by atoms with Crippen LogP contribution in [0, 0.1) is 31.6 Å². The zero-order valence-corrected chi connectivity index (χ0v) is 34.0. The van der Waals surface area contributed by atoms with Gasteiger partial charge in [0.15, 0.2) is 0 Å². The zero-order chi connectivity index (χ0) is 40.4. The lowest BCUT2D eigenvalue weighted by molar-refractivity contribution is -0.255. The van der Waals surface area contributed by atoms with Gasteiger partial charge in [-0.05, 0) is 110 Å². The molecule has 0 bridgehead atoms. The molecule has 6 atom stereocenters. The summed E-state index contributed by atoms with van der Waals surface area (Å²) in [6, 6.07) is 21.4. The fourth-order valence-corrected chi connectivity index (χ4v) is 9.12. The first-order chi connectivity index (χ1) is 27.8. The molecule has 1 amide bonds. The summed E-state index contributed by atoms with van der Waals surface area (Å²) in [5.41, 5.74) is 6.05. The summed E-state index contributed by atoms with van der Waals surface area (Å²) in [6.45, 7) is 11.3. The van der Waals surface area contributed by atoms with E-state index in [1.54, 1.807) is 11.0 Å². The minimum atomic E-state index is -1.35. The van der Waals surface area contributed by atoms with E-state index in [0.717, 1.165) is 59.4 Å². The fourth-order valence-electron chi connectivity index (χ4n) is 9.12. The van der Waals surface area contributed by atoms with Crippen molar-refractivity contribution in [2.75, 3.05) is 33.5 Å². The quantitative estimate of drug-likeness (QED) is 0.0702. The van der Waals surface area contributed by atoms with E-state index in [1.807, 2.05) is 55.5 Å². The summed E-state index contributed by atoms with van der Waals surface area (Å²) >= 11 is 0. The van der Waals surface area contributed by atoms with E-state index in [2.05, 4.69) is 44.7 Å². The van der Waals surface area contributed by atoms with E-state index in [4.69, 9.17) is 28.9 Å². The van der Waals surface area contributed by atoms with Crippen LogP contribution in [0.25, 0.3) is 0 Å². The van der Waals surface area contributed by atoms with Crippen molar-refractivity contribution in [3.05, 3.63) is 113 Å². The Labute approximate surface area is 338 Å². The molecule has 6 rings (SSSR count). The molecule has 2 N–H and O–H groups in total. The van der Waals surface area contributed by atoms with Gasteiger partial charge in [0.05, 0.1) is 25.3 Å². The molecule has 1 saturated carbocycles. The number of aryl methyl sites for hydroxylation is 2. The number of ether oxygens (including phenoxy) is 4. The molecule has 0 radical (unpaired) electrons. The van der Waals surface area contributed by atoms with Gasteiger partial charge >= 0.3 is 6.09 Å². The van der Waals surface area contributed by atoms with Gasteiger partial charge in [-0.25, -0.2) is 4.79 Å². The largest absolute Gasteiger partial charge is 0.459 e. The second kappa shape index (κ2) is 19.7. The molecule has 1 aliphatic heterocycles. The van der Waals surface area contributed by atoms with Crippen LogP contribution in [-0.2, 0) is 20.9 Å². The summed E-state index contributed by atoms with van der Waals surface area (Å²) in [7, 11) is 1.40. The summed E-state index contributed by atoms with van der Waals surface area (Å²) in [5, 5.41) is 24.7. The highest BCUT2D eigenvalue weighted by atomic mass is 16.7. The fraction of sp³-hybridized carbons (Fsp3) is 0.489. The molecule has 1 fully saturated rings. The molecule has 1 heterocycles. The van der Waals surface area contributed by atoms with Crippen LogP contribution in [0.3, 0.4) is 0 Å². The van der Waals surface area contributed by atoms with Crippen molar-refractivity contribution >= 4 is 11.8 Å². The lowest BCUT2D eigenvalue weighted by atomic mass is 9.55. The third-order valence-electron chi connectivity index (χ3n) is 11.9. The molecule has 3 aromatic rings. The highest BCUT2D eigenvalue weighted by molar-refractivity contribution is 6.03. The zero-order valence-electron chi connectivity index (χ0n) is 34.0. The molecule has 0 saturated heterocycles. The monoisotopic (exact) mass is 780 g/mol. The van der Waals surface area contributed by atoms with Gasteiger partial charge < -0.3 is 34.0 Å². The maximum Gasteiger partial charge on any atom is 0.409 e. The van der Waals surface area contributed by atoms with E-state index >= 15 is 0 Å². The Morgan fingerprint density at radius 3 is 2.42 bits per heavy atom. The van der Waals surface area contributed by atoms with E-state index in [-0.39, 0.29) is 44.2 Å². The highest BCUT2D eigenvalue weighted by Gasteiger charge is 2.65. The number of amides is 1. The van der Waals surface area contributed by atoms with Crippen LogP contribution in [-0.4, -0.2) is 72.2 Å². The van der Waals surface area contributed by atoms with Crippen molar-refractivity contribution in [1.29, 1.82) is 0 Å². The van der Waals surface area contributed by atoms with Gasteiger partial charge in [-0.15, -0.1) is 6.58 Å². The highest BCUT2D eigenvalue weighted by Crippen LogP contribution is 2.62. The molecule has 3 aromatic carbocycles. The van der Waals surface area contributed by atoms with Gasteiger partial charge in [0, 0.05) is 37.7 Å². The molecule has 3 aliphatic rings. The first-order valence-corrected chi connectivity index (χ1v) is 20.6. The van der Waals surface area contributed by atoms with E-state index in [1.165, 1.54) is 12.7 Å². The van der Waals surface area contributed by atoms with Crippen LogP contribution in [0.1, 0.15) is 86.5 Å². The second-order valence-corrected chi connectivity index (χ2v) is 15.5. The number of allylic oxidation sites excluding steroid dienone is 1. The number of rotatable bonds is 19. The number of oxime groups is 1. The molecule has 0 aromatic heterocycles. The summed E-state index contributed by atoms with van der Waals surface area (Å²) in [6.07, 6.45) is 9.34. The van der Waals surface area contributed by atoms with Gasteiger partial charge in [0.25, 0.3) is 0 Å². The van der Waals surface area contributed by atoms with Crippen LogP contribution in [0.4, 0.5) is 4.79 Å². The minimum Gasteiger partial charge on any atom is -0.459 e. The Kier molecular flexibility index (Phi) is 14.5. The lowest BCUT2D eigenvalue weighted by Crippen LogP contribution is -2.70. The number of aliphatic hydroxyl groups is 2. The average molecular weight is 781 g/mol. The number of unbranched alkanes of at least 4 members (excludes halogenated alkanes) is 2. The van der Waals surface area contributed by atoms with Crippen LogP contribution < -0.4 is 9.47 Å². The third kappa shape index (κ3) is 9.24. The number of benzene rings is 3. The molecule has 2 aliphatic carbocycles. The SMILES string of the molecule is C=CCO[C@@]12Oc3ccc(Oc4ccc(C)c(C)c4)cc3[C@H]3[C@H](CCCCO)[C@@H](CCCCO)C=C(C(=NOCc4ccccc4)C[C@@H]1N(CCC)C(=O)OC)[C@H]32. The Morgan fingerprint density at radius 1 is 0.982 bits per heavy atom. The van der Waals surface area contributed by atoms with Gasteiger partial charge in [-0.1, -0.05) is 73.5 Å². The van der Waals surface area contributed by atoms with Crippen molar-refractivity contribution in [2.24, 2.45) is 22.9 Å². The number of carbonyl (C=O) groups is 1. The van der Waals surface area contributed by atoms with Gasteiger partial charge in [-0.3, -0.25) is 4.90 Å². The molecule has 0 spiro atoms. The topological polar surface area (TPSA) is 119 Å². The van der Waals surface area contributed by atoms with Crippen molar-refractivity contribution in [3.63, 3.8) is 0 Å². The molecular formula is C47H60N2O8. The summed E-state index contributed by atoms with van der Waals surface area (Å²) in [4.78, 5) is 21.7. The first-order valence-electron chi connectivity index (χ1n) is 20.6. The lowest BCUT2D eigenvalue weighted by Gasteiger charge is -2.59. The third-order valence-corrected chi connectivity index (χ3v) is 11.9. The molecule has 10 heteroatoms. The first kappa shape index (κ1) is 42.0. The number of fused-ring (bicyclic) bond motifs is 2. The average Bonchev–Trinajstić information content (AvgIpc) is 3.22. The number of nitrogens with zero attached hydrogens (tertiary/aromatic N) is 2. The van der Waals surface area contributed by atoms with E-state index in [9.17, 15) is 15.0 Å². The number of carbonyl (C=O) groups excluding carboxylic acids is 1. The smallest absolute Gasteiger partial charge is 0.409 e. The summed E-state index contributed by atoms with van der Waals surface area (Å²) < 4.78 is 26.3. The van der Waals surface area contributed by atoms with E-state index in [0.29, 0.717) is 43.7 Å². The Hall–Kier alpha value is -4.64. The van der Waals surface area contributed by atoms with Gasteiger partial charge in [0.1, 0.15) is 29.9 Å². The van der Waals surface area contributed by atoms with E-state index < -0.39 is 23.8 Å². The maximum absolute atomic E-state index is 13.8. The van der Waals surface area contributed by atoms with Gasteiger partial charge in [-0.2, -0.15) is 0 Å². The van der Waals surface area contributed by atoms with Crippen molar-refractivity contribution in [1.82, 2.24) is 4.90 Å². The van der Waals surface area contributed by atoms with Crippen LogP contribution in [0.2, 0.25) is 0 Å². The Bertz CT molecular complexity index is 1880. The molecule has 57 heavy (non-hydrogen) atoms. The molecule has 0 unspecified atom stereocenters. The molecule has 306 valence electrons. The van der Waals surface area contributed by atoms with Crippen molar-refractivity contribution < 1.29 is 38.8 Å². The van der Waals surface area contributed by atoms with Crippen LogP contribution in [0.15, 0.2) is 96.2 Å². The number of hydrogen-bond donors (Lipinski definition) is 2. The number of hydrogen-bond acceptors (Lipinski definition) is 9. The number of methoxy groups -OCH3 is 1. The summed E-state index contributed by atoms with van der Waals surface area (Å²) in [5.74, 6) is 0.389. The number of aliphatic hydroxyl groups excluding tert-OH is 2. The van der Waals surface area contributed by atoms with Crippen molar-refractivity contribution in [2.45, 2.75) is 96.5 Å². The molecular weight excluding hydrogens is 721 g/mol. The Morgan fingerprint density at radius 2 is 1.72 bits per heavy atom. The molecule has 10 nitrogen and oxygen atoms in total. The standard InChI is InChI=1S/C47H60N2O8/c1-6-23-49(46(52)53-5)43-30-41(48-55-31-34-15-9-8-10-16-34)39-28-35(17-11-13-24-50)38(18-12-14-25-51)44-40-29-37(56-36-20-19-32(3)33(4)27-36)21-22-42(40)57-47(43,45(39)44)54-26-7-2/h7-10,15-16,19-22,27-29,35,38,43-45,50-51H,2,6,11-14,17-18,23-26,30-31H2,1,3-5H3/t35-,38+,43-,44+,45+,47+/m0/s1. The normalized spacial score (nSPS) is 24.1. The predicted molar refractivity (Wildman–Crippen MR) is 222 cm³/mol.